The van der Waals surface area contributed by atoms with Gasteiger partial charge in [-0.25, -0.2) is 0 Å². The molecule has 0 saturated carbocycles. The molecule has 0 heteroatoms. The van der Waals surface area contributed by atoms with Crippen molar-refractivity contribution in [2.45, 2.75) is 41.0 Å². The quantitative estimate of drug-likeness (QED) is 0.590. The first-order valence-electron chi connectivity index (χ1n) is 4.80. The highest BCUT2D eigenvalue weighted by atomic mass is 14.0. The molecule has 0 radical (unpaired) electrons. The molecule has 0 N–H and O–H groups in total. The molecule has 0 aliphatic heterocycles. The molecule has 0 heterocycles. The van der Waals surface area contributed by atoms with Crippen molar-refractivity contribution in [3.05, 3.63) is 34.9 Å². The van der Waals surface area contributed by atoms with Crippen LogP contribution in [0, 0.1) is 13.8 Å². The van der Waals surface area contributed by atoms with Crippen LogP contribution in [-0.2, 0) is 6.42 Å². The number of rotatable bonds is 1. The summed E-state index contributed by atoms with van der Waals surface area (Å²) in [5.74, 6) is 0. The van der Waals surface area contributed by atoms with Crippen molar-refractivity contribution in [1.29, 1.82) is 0 Å². The maximum absolute atomic E-state index is 2.26. The first-order chi connectivity index (χ1) is 5.74. The van der Waals surface area contributed by atoms with Crippen LogP contribution in [0.1, 0.15) is 37.5 Å². The molecule has 0 saturated heterocycles. The van der Waals surface area contributed by atoms with E-state index in [-0.39, 0.29) is 0 Å². The second-order valence-electron chi connectivity index (χ2n) is 2.77. The Morgan fingerprint density at radius 2 is 1.58 bits per heavy atom. The van der Waals surface area contributed by atoms with Crippen molar-refractivity contribution < 1.29 is 0 Å². The van der Waals surface area contributed by atoms with Crippen molar-refractivity contribution in [2.24, 2.45) is 0 Å². The fourth-order valence-electron chi connectivity index (χ4n) is 1.02. The van der Waals surface area contributed by atoms with Gasteiger partial charge in [-0.15, -0.1) is 0 Å². The first-order valence-corrected chi connectivity index (χ1v) is 4.80. The largest absolute Gasteiger partial charge is 0.0683 e. The molecule has 0 bridgehead atoms. The minimum absolute atomic E-state index is 1.14. The Labute approximate surface area is 76.6 Å². The minimum Gasteiger partial charge on any atom is -0.0683 e. The summed E-state index contributed by atoms with van der Waals surface area (Å²) in [6.45, 7) is 10.5. The molecule has 0 nitrogen and oxygen atoms in total. The molecule has 0 aliphatic carbocycles. The van der Waals surface area contributed by atoms with Crippen molar-refractivity contribution in [3.63, 3.8) is 0 Å². The molecule has 1 aromatic rings. The lowest BCUT2D eigenvalue weighted by atomic mass is 10.1. The second-order valence-corrected chi connectivity index (χ2v) is 2.77. The molecule has 0 aromatic heterocycles. The highest BCUT2D eigenvalue weighted by molar-refractivity contribution is 5.29. The molecular weight excluding hydrogens is 144 g/mol. The Bertz CT molecular complexity index is 223. The maximum Gasteiger partial charge on any atom is -0.0307 e. The maximum atomic E-state index is 2.26. The highest BCUT2D eigenvalue weighted by Gasteiger charge is 1.92. The van der Waals surface area contributed by atoms with E-state index in [1.165, 1.54) is 16.7 Å². The van der Waals surface area contributed by atoms with Gasteiger partial charge in [-0.05, 0) is 37.0 Å². The summed E-state index contributed by atoms with van der Waals surface area (Å²) in [7, 11) is 0. The van der Waals surface area contributed by atoms with Crippen molar-refractivity contribution in [3.8, 4) is 0 Å². The summed E-state index contributed by atoms with van der Waals surface area (Å²) >= 11 is 0. The zero-order chi connectivity index (χ0) is 9.56. The van der Waals surface area contributed by atoms with Crippen LogP contribution in [-0.4, -0.2) is 0 Å². The van der Waals surface area contributed by atoms with E-state index in [0.29, 0.717) is 0 Å². The Hall–Kier alpha value is -0.780. The van der Waals surface area contributed by atoms with Crippen molar-refractivity contribution in [1.82, 2.24) is 0 Å². The fraction of sp³-hybridized carbons (Fsp3) is 0.500. The number of hydrogen-bond donors (Lipinski definition) is 0. The molecule has 0 amide bonds. The van der Waals surface area contributed by atoms with Crippen LogP contribution in [0.2, 0.25) is 0 Å². The third-order valence-corrected chi connectivity index (χ3v) is 1.98. The number of benzene rings is 1. The molecule has 0 aliphatic rings. The number of aryl methyl sites for hydroxylation is 3. The van der Waals surface area contributed by atoms with Gasteiger partial charge in [0.1, 0.15) is 0 Å². The second kappa shape index (κ2) is 5.82. The SMILES string of the molecule is CC.CCc1ccc(C)c(C)c1. The third kappa shape index (κ3) is 3.08. The lowest BCUT2D eigenvalue weighted by Crippen LogP contribution is -1.84. The van der Waals surface area contributed by atoms with Gasteiger partial charge in [0.05, 0.1) is 0 Å². The van der Waals surface area contributed by atoms with E-state index in [4.69, 9.17) is 0 Å². The van der Waals surface area contributed by atoms with Crippen LogP contribution in [0.5, 0.6) is 0 Å². The molecular formula is C12H20. The smallest absolute Gasteiger partial charge is 0.0307 e. The van der Waals surface area contributed by atoms with Gasteiger partial charge in [0.15, 0.2) is 0 Å². The van der Waals surface area contributed by atoms with E-state index in [1.807, 2.05) is 13.8 Å². The standard InChI is InChI=1S/C10H14.C2H6/c1-4-10-6-5-8(2)9(3)7-10;1-2/h5-7H,4H2,1-3H3;1-2H3. The molecule has 0 atom stereocenters. The molecule has 1 aromatic carbocycles. The zero-order valence-corrected chi connectivity index (χ0v) is 8.94. The lowest BCUT2D eigenvalue weighted by molar-refractivity contribution is 1.12. The average molecular weight is 164 g/mol. The van der Waals surface area contributed by atoms with E-state index in [9.17, 15) is 0 Å². The Kier molecular flexibility index (Phi) is 5.44. The normalized spacial score (nSPS) is 8.75. The minimum atomic E-state index is 1.14. The predicted molar refractivity (Wildman–Crippen MR) is 56.6 cm³/mol. The van der Waals surface area contributed by atoms with Crippen LogP contribution in [0.15, 0.2) is 18.2 Å². The Balaban J connectivity index is 0.000000561. The Morgan fingerprint density at radius 1 is 1.00 bits per heavy atom. The Morgan fingerprint density at radius 3 is 2.00 bits per heavy atom. The van der Waals surface area contributed by atoms with Gasteiger partial charge in [-0.2, -0.15) is 0 Å². The number of hydrogen-bond acceptors (Lipinski definition) is 0. The molecule has 0 spiro atoms. The van der Waals surface area contributed by atoms with Crippen LogP contribution < -0.4 is 0 Å². The van der Waals surface area contributed by atoms with Crippen LogP contribution >= 0.6 is 0 Å². The first kappa shape index (κ1) is 11.2. The molecule has 1 rings (SSSR count). The summed E-state index contributed by atoms with van der Waals surface area (Å²) in [4.78, 5) is 0. The monoisotopic (exact) mass is 164 g/mol. The predicted octanol–water partition coefficient (Wildman–Crippen LogP) is 3.89. The van der Waals surface area contributed by atoms with Crippen molar-refractivity contribution >= 4 is 0 Å². The van der Waals surface area contributed by atoms with E-state index >= 15 is 0 Å². The van der Waals surface area contributed by atoms with Gasteiger partial charge in [0, 0.05) is 0 Å². The highest BCUT2D eigenvalue weighted by Crippen LogP contribution is 2.09. The molecule has 12 heavy (non-hydrogen) atoms. The molecule has 0 fully saturated rings. The summed E-state index contributed by atoms with van der Waals surface area (Å²) in [6, 6.07) is 6.64. The van der Waals surface area contributed by atoms with Gasteiger partial charge in [0.25, 0.3) is 0 Å². The van der Waals surface area contributed by atoms with Crippen LogP contribution in [0.3, 0.4) is 0 Å². The average Bonchev–Trinajstić information content (AvgIpc) is 2.13. The summed E-state index contributed by atoms with van der Waals surface area (Å²) in [6.07, 6.45) is 1.14. The molecule has 68 valence electrons. The van der Waals surface area contributed by atoms with Gasteiger partial charge < -0.3 is 0 Å². The van der Waals surface area contributed by atoms with Gasteiger partial charge in [-0.3, -0.25) is 0 Å². The zero-order valence-electron chi connectivity index (χ0n) is 8.94. The summed E-state index contributed by atoms with van der Waals surface area (Å²) in [5, 5.41) is 0. The van der Waals surface area contributed by atoms with Crippen LogP contribution in [0.25, 0.3) is 0 Å². The van der Waals surface area contributed by atoms with E-state index < -0.39 is 0 Å². The van der Waals surface area contributed by atoms with Crippen molar-refractivity contribution in [2.75, 3.05) is 0 Å². The summed E-state index contributed by atoms with van der Waals surface area (Å²) < 4.78 is 0. The summed E-state index contributed by atoms with van der Waals surface area (Å²) in [5.41, 5.74) is 4.22. The van der Waals surface area contributed by atoms with E-state index in [1.54, 1.807) is 0 Å². The fourth-order valence-corrected chi connectivity index (χ4v) is 1.02. The van der Waals surface area contributed by atoms with Gasteiger partial charge >= 0.3 is 0 Å². The van der Waals surface area contributed by atoms with Gasteiger partial charge in [0.2, 0.25) is 0 Å². The van der Waals surface area contributed by atoms with Crippen LogP contribution in [0.4, 0.5) is 0 Å². The topological polar surface area (TPSA) is 0 Å². The van der Waals surface area contributed by atoms with E-state index in [0.717, 1.165) is 6.42 Å². The third-order valence-electron chi connectivity index (χ3n) is 1.98. The van der Waals surface area contributed by atoms with E-state index in [2.05, 4.69) is 39.0 Å². The molecule has 0 unspecified atom stereocenters. The lowest BCUT2D eigenvalue weighted by Gasteiger charge is -2.01. The van der Waals surface area contributed by atoms with Gasteiger partial charge in [-0.1, -0.05) is 39.0 Å².